The SMILES string of the molecule is O=C(Nc1nnc(C(F)F)s1)NC1C2CCC(C2)C1CO. The topological polar surface area (TPSA) is 87.1 Å². The molecule has 2 aliphatic rings. The number of halogens is 2. The second-order valence-corrected chi connectivity index (χ2v) is 6.56. The number of carbonyl (C=O) groups is 1. The standard InChI is InChI=1S/C12H16F2N4O2S/c13-9(14)10-17-18-12(21-10)16-11(20)15-8-6-2-1-5(3-6)7(8)4-19/h5-9,19H,1-4H2,(H2,15,16,18,20). The molecule has 2 saturated carbocycles. The van der Waals surface area contributed by atoms with E-state index in [1.54, 1.807) is 0 Å². The monoisotopic (exact) mass is 318 g/mol. The van der Waals surface area contributed by atoms with E-state index in [4.69, 9.17) is 0 Å². The van der Waals surface area contributed by atoms with Crippen LogP contribution in [-0.2, 0) is 0 Å². The van der Waals surface area contributed by atoms with Crippen LogP contribution in [-0.4, -0.2) is 34.0 Å². The first-order valence-corrected chi connectivity index (χ1v) is 7.70. The average Bonchev–Trinajstić information content (AvgIpc) is 3.13. The van der Waals surface area contributed by atoms with Gasteiger partial charge in [0.25, 0.3) is 6.43 Å². The summed E-state index contributed by atoms with van der Waals surface area (Å²) in [6, 6.07) is -0.542. The molecule has 2 fully saturated rings. The molecule has 0 radical (unpaired) electrons. The molecule has 4 unspecified atom stereocenters. The Morgan fingerprint density at radius 2 is 2.14 bits per heavy atom. The van der Waals surface area contributed by atoms with E-state index in [0.717, 1.165) is 19.3 Å². The minimum atomic E-state index is -2.69. The Kier molecular flexibility index (Phi) is 4.03. The van der Waals surface area contributed by atoms with E-state index < -0.39 is 17.5 Å². The zero-order valence-electron chi connectivity index (χ0n) is 11.1. The highest BCUT2D eigenvalue weighted by atomic mass is 32.1. The van der Waals surface area contributed by atoms with Gasteiger partial charge in [0.1, 0.15) is 0 Å². The highest BCUT2D eigenvalue weighted by molar-refractivity contribution is 7.15. The third-order valence-electron chi connectivity index (χ3n) is 4.44. The van der Waals surface area contributed by atoms with Gasteiger partial charge < -0.3 is 10.4 Å². The number of urea groups is 1. The van der Waals surface area contributed by atoms with E-state index >= 15 is 0 Å². The van der Waals surface area contributed by atoms with Crippen molar-refractivity contribution in [3.8, 4) is 0 Å². The van der Waals surface area contributed by atoms with E-state index in [-0.39, 0.29) is 23.7 Å². The van der Waals surface area contributed by atoms with Gasteiger partial charge in [0, 0.05) is 18.6 Å². The van der Waals surface area contributed by atoms with Gasteiger partial charge >= 0.3 is 6.03 Å². The van der Waals surface area contributed by atoms with Crippen LogP contribution in [0.4, 0.5) is 18.7 Å². The lowest BCUT2D eigenvalue weighted by molar-refractivity contribution is 0.146. The number of amides is 2. The molecule has 1 aromatic heterocycles. The second kappa shape index (κ2) is 5.80. The fourth-order valence-electron chi connectivity index (χ4n) is 3.56. The molecule has 3 N–H and O–H groups in total. The number of alkyl halides is 2. The smallest absolute Gasteiger partial charge is 0.321 e. The third-order valence-corrected chi connectivity index (χ3v) is 5.29. The van der Waals surface area contributed by atoms with Gasteiger partial charge in [-0.15, -0.1) is 10.2 Å². The van der Waals surface area contributed by atoms with Crippen molar-refractivity contribution in [2.24, 2.45) is 17.8 Å². The number of nitrogens with one attached hydrogen (secondary N) is 2. The number of anilines is 1. The van der Waals surface area contributed by atoms with Crippen LogP contribution < -0.4 is 10.6 Å². The zero-order chi connectivity index (χ0) is 15.0. The Labute approximate surface area is 124 Å². The first kappa shape index (κ1) is 14.6. The molecule has 21 heavy (non-hydrogen) atoms. The number of fused-ring (bicyclic) bond motifs is 2. The van der Waals surface area contributed by atoms with Gasteiger partial charge in [0.05, 0.1) is 0 Å². The van der Waals surface area contributed by atoms with Gasteiger partial charge in [-0.2, -0.15) is 0 Å². The summed E-state index contributed by atoms with van der Waals surface area (Å²) in [5, 5.41) is 21.2. The molecule has 3 rings (SSSR count). The maximum Gasteiger partial charge on any atom is 0.321 e. The Hall–Kier alpha value is -1.35. The van der Waals surface area contributed by atoms with Gasteiger partial charge in [0.15, 0.2) is 5.01 Å². The van der Waals surface area contributed by atoms with Crippen LogP contribution in [0.15, 0.2) is 0 Å². The van der Waals surface area contributed by atoms with E-state index in [1.807, 2.05) is 0 Å². The van der Waals surface area contributed by atoms with Gasteiger partial charge in [-0.05, 0) is 31.1 Å². The number of aromatic nitrogens is 2. The van der Waals surface area contributed by atoms with Crippen molar-refractivity contribution in [1.29, 1.82) is 0 Å². The molecule has 1 aromatic rings. The highest BCUT2D eigenvalue weighted by Gasteiger charge is 2.47. The van der Waals surface area contributed by atoms with Crippen molar-refractivity contribution in [2.45, 2.75) is 31.7 Å². The number of hydrogen-bond donors (Lipinski definition) is 3. The van der Waals surface area contributed by atoms with Crippen molar-refractivity contribution in [3.05, 3.63) is 5.01 Å². The van der Waals surface area contributed by atoms with Gasteiger partial charge in [-0.3, -0.25) is 5.32 Å². The molecule has 1 heterocycles. The Morgan fingerprint density at radius 3 is 2.81 bits per heavy atom. The summed E-state index contributed by atoms with van der Waals surface area (Å²) in [4.78, 5) is 11.9. The van der Waals surface area contributed by atoms with E-state index in [2.05, 4.69) is 20.8 Å². The summed E-state index contributed by atoms with van der Waals surface area (Å²) in [5.74, 6) is 0.946. The van der Waals surface area contributed by atoms with E-state index in [9.17, 15) is 18.7 Å². The van der Waals surface area contributed by atoms with Crippen LogP contribution in [0.1, 0.15) is 30.7 Å². The molecule has 2 bridgehead atoms. The van der Waals surface area contributed by atoms with Crippen molar-refractivity contribution in [3.63, 3.8) is 0 Å². The molecule has 9 heteroatoms. The van der Waals surface area contributed by atoms with Crippen LogP contribution >= 0.6 is 11.3 Å². The number of aliphatic hydroxyl groups is 1. The number of aliphatic hydroxyl groups excluding tert-OH is 1. The molecule has 0 saturated heterocycles. The highest BCUT2D eigenvalue weighted by Crippen LogP contribution is 2.48. The van der Waals surface area contributed by atoms with Crippen LogP contribution in [0.25, 0.3) is 0 Å². The lowest BCUT2D eigenvalue weighted by Gasteiger charge is -2.30. The summed E-state index contributed by atoms with van der Waals surface area (Å²) in [5.41, 5.74) is 0. The summed E-state index contributed by atoms with van der Waals surface area (Å²) >= 11 is 0.656. The summed E-state index contributed by atoms with van der Waals surface area (Å²) in [7, 11) is 0. The minimum absolute atomic E-state index is 0.0477. The van der Waals surface area contributed by atoms with Crippen LogP contribution in [0, 0.1) is 17.8 Å². The molecular formula is C12H16F2N4O2S. The molecule has 0 spiro atoms. The fraction of sp³-hybridized carbons (Fsp3) is 0.750. The van der Waals surface area contributed by atoms with Crippen molar-refractivity contribution >= 4 is 22.5 Å². The number of rotatable bonds is 4. The fourth-order valence-corrected chi connectivity index (χ4v) is 4.15. The molecule has 116 valence electrons. The summed E-state index contributed by atoms with van der Waals surface area (Å²) < 4.78 is 24.8. The van der Waals surface area contributed by atoms with Gasteiger partial charge in [-0.25, -0.2) is 13.6 Å². The number of nitrogens with zero attached hydrogens (tertiary/aromatic N) is 2. The predicted octanol–water partition coefficient (Wildman–Crippen LogP) is 2.00. The Balaban J connectivity index is 1.58. The predicted molar refractivity (Wildman–Crippen MR) is 72.2 cm³/mol. The Morgan fingerprint density at radius 1 is 1.38 bits per heavy atom. The molecule has 0 aromatic carbocycles. The summed E-state index contributed by atoms with van der Waals surface area (Å²) in [6.45, 7) is 0.0560. The van der Waals surface area contributed by atoms with Gasteiger partial charge in [0.2, 0.25) is 5.13 Å². The minimum Gasteiger partial charge on any atom is -0.396 e. The van der Waals surface area contributed by atoms with Crippen molar-refractivity contribution in [2.75, 3.05) is 11.9 Å². The van der Waals surface area contributed by atoms with Crippen LogP contribution in [0.2, 0.25) is 0 Å². The Bertz CT molecular complexity index is 527. The molecular weight excluding hydrogens is 302 g/mol. The largest absolute Gasteiger partial charge is 0.396 e. The van der Waals surface area contributed by atoms with Crippen LogP contribution in [0.5, 0.6) is 0 Å². The van der Waals surface area contributed by atoms with E-state index in [0.29, 0.717) is 23.2 Å². The third kappa shape index (κ3) is 2.84. The molecule has 6 nitrogen and oxygen atoms in total. The van der Waals surface area contributed by atoms with Crippen molar-refractivity contribution in [1.82, 2.24) is 15.5 Å². The zero-order valence-corrected chi connectivity index (χ0v) is 11.9. The number of hydrogen-bond acceptors (Lipinski definition) is 5. The molecule has 4 atom stereocenters. The molecule has 0 aliphatic heterocycles. The lowest BCUT2D eigenvalue weighted by atomic mass is 9.85. The second-order valence-electron chi connectivity index (χ2n) is 5.55. The molecule has 2 aliphatic carbocycles. The normalized spacial score (nSPS) is 30.9. The molecule has 2 amide bonds. The first-order valence-electron chi connectivity index (χ1n) is 6.88. The average molecular weight is 318 g/mol. The summed E-state index contributed by atoms with van der Waals surface area (Å²) in [6.07, 6.45) is 0.500. The maximum atomic E-state index is 12.4. The lowest BCUT2D eigenvalue weighted by Crippen LogP contribution is -2.46. The van der Waals surface area contributed by atoms with Gasteiger partial charge in [-0.1, -0.05) is 11.3 Å². The number of carbonyl (C=O) groups excluding carboxylic acids is 1. The first-order chi connectivity index (χ1) is 10.1. The quantitative estimate of drug-likeness (QED) is 0.792. The van der Waals surface area contributed by atoms with E-state index in [1.165, 1.54) is 0 Å². The van der Waals surface area contributed by atoms with Crippen LogP contribution in [0.3, 0.4) is 0 Å². The maximum absolute atomic E-state index is 12.4. The van der Waals surface area contributed by atoms with Crippen molar-refractivity contribution < 1.29 is 18.7 Å².